The summed E-state index contributed by atoms with van der Waals surface area (Å²) < 4.78 is 16.2. The number of imidazole rings is 1. The quantitative estimate of drug-likeness (QED) is 0.642. The van der Waals surface area contributed by atoms with Gasteiger partial charge < -0.3 is 4.57 Å². The monoisotopic (exact) mass is 262 g/mol. The van der Waals surface area contributed by atoms with Crippen molar-refractivity contribution in [2.24, 2.45) is 5.84 Å². The second-order valence-corrected chi connectivity index (χ2v) is 4.56. The largest absolute Gasteiger partial charge is 0.333 e. The van der Waals surface area contributed by atoms with E-state index in [4.69, 9.17) is 5.84 Å². The highest BCUT2D eigenvalue weighted by atomic mass is 19.1. The van der Waals surface area contributed by atoms with E-state index in [9.17, 15) is 4.39 Å². The Kier molecular flexibility index (Phi) is 4.29. The SMILES string of the molecule is CCCn1ccnc1C(NN)c1cccc(C)c1F. The first-order valence-electron chi connectivity index (χ1n) is 6.41. The molecule has 102 valence electrons. The van der Waals surface area contributed by atoms with Crippen LogP contribution < -0.4 is 11.3 Å². The summed E-state index contributed by atoms with van der Waals surface area (Å²) in [6.45, 7) is 4.66. The summed E-state index contributed by atoms with van der Waals surface area (Å²) in [6, 6.07) is 4.86. The zero-order valence-electron chi connectivity index (χ0n) is 11.2. The van der Waals surface area contributed by atoms with Crippen molar-refractivity contribution < 1.29 is 4.39 Å². The minimum Gasteiger partial charge on any atom is -0.333 e. The van der Waals surface area contributed by atoms with Crippen LogP contribution >= 0.6 is 0 Å². The summed E-state index contributed by atoms with van der Waals surface area (Å²) in [5.74, 6) is 6.10. The van der Waals surface area contributed by atoms with Crippen LogP contribution in [0.15, 0.2) is 30.6 Å². The summed E-state index contributed by atoms with van der Waals surface area (Å²) in [5, 5.41) is 0. The fourth-order valence-electron chi connectivity index (χ4n) is 2.21. The van der Waals surface area contributed by atoms with Crippen LogP contribution in [0, 0.1) is 12.7 Å². The van der Waals surface area contributed by atoms with Gasteiger partial charge in [0.15, 0.2) is 0 Å². The van der Waals surface area contributed by atoms with Crippen LogP contribution in [0.3, 0.4) is 0 Å². The molecule has 0 aliphatic rings. The number of hydrazine groups is 1. The Morgan fingerprint density at radius 3 is 2.95 bits per heavy atom. The van der Waals surface area contributed by atoms with E-state index in [1.54, 1.807) is 25.3 Å². The van der Waals surface area contributed by atoms with E-state index >= 15 is 0 Å². The van der Waals surface area contributed by atoms with E-state index in [1.807, 2.05) is 16.8 Å². The fourth-order valence-corrected chi connectivity index (χ4v) is 2.21. The van der Waals surface area contributed by atoms with E-state index in [0.717, 1.165) is 18.8 Å². The van der Waals surface area contributed by atoms with Crippen molar-refractivity contribution in [3.63, 3.8) is 0 Å². The second-order valence-electron chi connectivity index (χ2n) is 4.56. The molecule has 19 heavy (non-hydrogen) atoms. The fraction of sp³-hybridized carbons (Fsp3) is 0.357. The molecule has 0 saturated carbocycles. The summed E-state index contributed by atoms with van der Waals surface area (Å²) in [4.78, 5) is 4.31. The lowest BCUT2D eigenvalue weighted by molar-refractivity contribution is 0.513. The van der Waals surface area contributed by atoms with E-state index in [2.05, 4.69) is 17.3 Å². The second kappa shape index (κ2) is 5.95. The number of nitrogens with zero attached hydrogens (tertiary/aromatic N) is 2. The van der Waals surface area contributed by atoms with Gasteiger partial charge in [-0.05, 0) is 18.9 Å². The maximum absolute atomic E-state index is 14.2. The Hall–Kier alpha value is -1.72. The smallest absolute Gasteiger partial charge is 0.131 e. The maximum Gasteiger partial charge on any atom is 0.131 e. The van der Waals surface area contributed by atoms with Crippen LogP contribution in [-0.4, -0.2) is 9.55 Å². The zero-order chi connectivity index (χ0) is 13.8. The lowest BCUT2D eigenvalue weighted by Crippen LogP contribution is -2.32. The Morgan fingerprint density at radius 1 is 1.47 bits per heavy atom. The molecule has 0 radical (unpaired) electrons. The molecule has 0 spiro atoms. The van der Waals surface area contributed by atoms with Gasteiger partial charge in [-0.25, -0.2) is 14.8 Å². The minimum atomic E-state index is -0.443. The lowest BCUT2D eigenvalue weighted by atomic mass is 10.0. The minimum absolute atomic E-state index is 0.239. The average molecular weight is 262 g/mol. The highest BCUT2D eigenvalue weighted by Gasteiger charge is 2.21. The van der Waals surface area contributed by atoms with Crippen LogP contribution in [0.2, 0.25) is 0 Å². The lowest BCUT2D eigenvalue weighted by Gasteiger charge is -2.19. The third-order valence-electron chi connectivity index (χ3n) is 3.17. The van der Waals surface area contributed by atoms with Gasteiger partial charge in [-0.15, -0.1) is 0 Å². The van der Waals surface area contributed by atoms with Crippen molar-refractivity contribution in [1.29, 1.82) is 0 Å². The number of aryl methyl sites for hydroxylation is 2. The molecule has 0 fully saturated rings. The molecule has 3 N–H and O–H groups in total. The van der Waals surface area contributed by atoms with Crippen LogP contribution in [0.4, 0.5) is 4.39 Å². The standard InChI is InChI=1S/C14H19FN4/c1-3-8-19-9-7-17-14(19)13(18-16)11-6-4-5-10(2)12(11)15/h4-7,9,13,18H,3,8,16H2,1-2H3. The Balaban J connectivity index is 2.44. The van der Waals surface area contributed by atoms with Gasteiger partial charge in [0, 0.05) is 24.5 Å². The van der Waals surface area contributed by atoms with E-state index in [-0.39, 0.29) is 5.82 Å². The van der Waals surface area contributed by atoms with Gasteiger partial charge in [-0.2, -0.15) is 0 Å². The third kappa shape index (κ3) is 2.67. The Labute approximate surface area is 112 Å². The molecule has 2 rings (SSSR count). The number of nitrogens with one attached hydrogen (secondary N) is 1. The first-order chi connectivity index (χ1) is 9.19. The average Bonchev–Trinajstić information content (AvgIpc) is 2.84. The van der Waals surface area contributed by atoms with Gasteiger partial charge in [-0.1, -0.05) is 25.1 Å². The molecule has 0 bridgehead atoms. The summed E-state index contributed by atoms with van der Waals surface area (Å²) >= 11 is 0. The molecule has 1 heterocycles. The molecule has 0 saturated heterocycles. The van der Waals surface area contributed by atoms with E-state index < -0.39 is 6.04 Å². The van der Waals surface area contributed by atoms with Gasteiger partial charge >= 0.3 is 0 Å². The van der Waals surface area contributed by atoms with Crippen molar-refractivity contribution >= 4 is 0 Å². The zero-order valence-corrected chi connectivity index (χ0v) is 11.2. The predicted molar refractivity (Wildman–Crippen MR) is 72.8 cm³/mol. The normalized spacial score (nSPS) is 12.6. The summed E-state index contributed by atoms with van der Waals surface area (Å²) in [5.41, 5.74) is 3.79. The number of rotatable bonds is 5. The Morgan fingerprint density at radius 2 is 2.26 bits per heavy atom. The van der Waals surface area contributed by atoms with Crippen molar-refractivity contribution in [3.8, 4) is 0 Å². The maximum atomic E-state index is 14.2. The molecule has 1 atom stereocenters. The van der Waals surface area contributed by atoms with Gasteiger partial charge in [0.1, 0.15) is 17.7 Å². The number of halogens is 1. The molecule has 0 aliphatic carbocycles. The summed E-state index contributed by atoms with van der Waals surface area (Å²) in [7, 11) is 0. The number of nitrogens with two attached hydrogens (primary N) is 1. The van der Waals surface area contributed by atoms with Crippen molar-refractivity contribution in [3.05, 3.63) is 53.4 Å². The van der Waals surface area contributed by atoms with Crippen LogP contribution in [0.1, 0.15) is 36.3 Å². The molecular weight excluding hydrogens is 243 g/mol. The highest BCUT2D eigenvalue weighted by Crippen LogP contribution is 2.24. The molecule has 1 aromatic heterocycles. The molecule has 0 amide bonds. The van der Waals surface area contributed by atoms with Gasteiger partial charge in [0.05, 0.1) is 0 Å². The highest BCUT2D eigenvalue weighted by molar-refractivity contribution is 5.31. The third-order valence-corrected chi connectivity index (χ3v) is 3.17. The van der Waals surface area contributed by atoms with E-state index in [0.29, 0.717) is 11.1 Å². The number of aromatic nitrogens is 2. The molecule has 4 nitrogen and oxygen atoms in total. The summed E-state index contributed by atoms with van der Waals surface area (Å²) in [6.07, 6.45) is 4.58. The number of hydrogen-bond donors (Lipinski definition) is 2. The molecule has 5 heteroatoms. The molecule has 2 aromatic rings. The molecular formula is C14H19FN4. The van der Waals surface area contributed by atoms with Crippen molar-refractivity contribution in [2.45, 2.75) is 32.9 Å². The van der Waals surface area contributed by atoms with Crippen LogP contribution in [0.5, 0.6) is 0 Å². The van der Waals surface area contributed by atoms with Crippen molar-refractivity contribution in [2.75, 3.05) is 0 Å². The molecule has 0 aliphatic heterocycles. The van der Waals surface area contributed by atoms with Crippen LogP contribution in [-0.2, 0) is 6.54 Å². The van der Waals surface area contributed by atoms with Gasteiger partial charge in [0.25, 0.3) is 0 Å². The number of hydrogen-bond acceptors (Lipinski definition) is 3. The van der Waals surface area contributed by atoms with Gasteiger partial charge in [-0.3, -0.25) is 5.84 Å². The molecule has 1 unspecified atom stereocenters. The van der Waals surface area contributed by atoms with E-state index in [1.165, 1.54) is 0 Å². The van der Waals surface area contributed by atoms with Gasteiger partial charge in [0.2, 0.25) is 0 Å². The predicted octanol–water partition coefficient (Wildman–Crippen LogP) is 2.29. The van der Waals surface area contributed by atoms with Crippen LogP contribution in [0.25, 0.3) is 0 Å². The Bertz CT molecular complexity index is 550. The molecule has 1 aromatic carbocycles. The first-order valence-corrected chi connectivity index (χ1v) is 6.41. The van der Waals surface area contributed by atoms with Crippen molar-refractivity contribution in [1.82, 2.24) is 15.0 Å². The topological polar surface area (TPSA) is 55.9 Å². The number of benzene rings is 1. The first kappa shape index (κ1) is 13.7.